The number of nitrogens with zero attached hydrogens (tertiary/aromatic N) is 2. The monoisotopic (exact) mass is 312 g/mol. The van der Waals surface area contributed by atoms with Crippen molar-refractivity contribution >= 4 is 17.8 Å². The Morgan fingerprint density at radius 3 is 2.59 bits per heavy atom. The Bertz CT molecular complexity index is 434. The average molecular weight is 312 g/mol. The van der Waals surface area contributed by atoms with Gasteiger partial charge in [0.05, 0.1) is 19.7 Å². The van der Waals surface area contributed by atoms with Crippen molar-refractivity contribution < 1.29 is 24.2 Å². The first-order chi connectivity index (χ1) is 10.5. The zero-order chi connectivity index (χ0) is 16.1. The molecule has 1 N–H and O–H groups in total. The van der Waals surface area contributed by atoms with Gasteiger partial charge in [-0.1, -0.05) is 19.3 Å². The number of carbonyl (C=O) groups is 3. The molecule has 0 radical (unpaired) electrons. The van der Waals surface area contributed by atoms with Gasteiger partial charge in [-0.2, -0.15) is 0 Å². The molecule has 1 aliphatic carbocycles. The highest BCUT2D eigenvalue weighted by atomic mass is 16.5. The maximum absolute atomic E-state index is 11.9. The molecule has 1 saturated carbocycles. The van der Waals surface area contributed by atoms with E-state index in [4.69, 9.17) is 9.84 Å². The maximum Gasteiger partial charge on any atom is 0.325 e. The number of hydrogen-bond acceptors (Lipinski definition) is 5. The van der Waals surface area contributed by atoms with Gasteiger partial charge in [0, 0.05) is 0 Å². The molecule has 0 bridgehead atoms. The van der Waals surface area contributed by atoms with Crippen molar-refractivity contribution in [1.82, 2.24) is 9.80 Å². The summed E-state index contributed by atoms with van der Waals surface area (Å²) in [5.41, 5.74) is 0. The van der Waals surface area contributed by atoms with E-state index in [2.05, 4.69) is 0 Å². The van der Waals surface area contributed by atoms with Crippen LogP contribution in [-0.2, 0) is 19.1 Å². The van der Waals surface area contributed by atoms with Gasteiger partial charge in [-0.25, -0.2) is 0 Å². The van der Waals surface area contributed by atoms with Crippen molar-refractivity contribution in [1.29, 1.82) is 0 Å². The van der Waals surface area contributed by atoms with Crippen molar-refractivity contribution in [3.05, 3.63) is 0 Å². The van der Waals surface area contributed by atoms with Crippen LogP contribution in [0.25, 0.3) is 0 Å². The minimum atomic E-state index is -1.02. The predicted octanol–water partition coefficient (Wildman–Crippen LogP) is 0.685. The molecule has 1 aliphatic heterocycles. The first-order valence-electron chi connectivity index (χ1n) is 7.84. The Hall–Kier alpha value is -1.63. The van der Waals surface area contributed by atoms with Crippen LogP contribution in [0.1, 0.15) is 38.5 Å². The number of esters is 1. The molecule has 0 unspecified atom stereocenters. The molecule has 0 aromatic heterocycles. The van der Waals surface area contributed by atoms with Crippen LogP contribution in [0.3, 0.4) is 0 Å². The van der Waals surface area contributed by atoms with E-state index >= 15 is 0 Å². The zero-order valence-electron chi connectivity index (χ0n) is 13.0. The van der Waals surface area contributed by atoms with E-state index in [-0.39, 0.29) is 25.5 Å². The van der Waals surface area contributed by atoms with Crippen LogP contribution in [0.15, 0.2) is 0 Å². The highest BCUT2D eigenvalue weighted by Gasteiger charge is 2.35. The maximum atomic E-state index is 11.9. The summed E-state index contributed by atoms with van der Waals surface area (Å²) >= 11 is 0. The number of carbonyl (C=O) groups excluding carboxylic acids is 2. The molecular formula is C15H24N2O5. The molecule has 1 amide bonds. The summed E-state index contributed by atoms with van der Waals surface area (Å²) in [5, 5.41) is 9.02. The minimum Gasteiger partial charge on any atom is -0.480 e. The van der Waals surface area contributed by atoms with E-state index in [1.54, 1.807) is 11.9 Å². The molecule has 2 fully saturated rings. The van der Waals surface area contributed by atoms with E-state index in [0.717, 1.165) is 12.8 Å². The minimum absolute atomic E-state index is 0.109. The van der Waals surface area contributed by atoms with Crippen LogP contribution < -0.4 is 0 Å². The van der Waals surface area contributed by atoms with Gasteiger partial charge in [-0.05, 0) is 25.8 Å². The zero-order valence-corrected chi connectivity index (χ0v) is 13.0. The van der Waals surface area contributed by atoms with Crippen LogP contribution in [-0.4, -0.2) is 65.7 Å². The Morgan fingerprint density at radius 2 is 1.95 bits per heavy atom. The molecule has 0 aromatic carbocycles. The smallest absolute Gasteiger partial charge is 0.325 e. The lowest BCUT2D eigenvalue weighted by atomic mass is 9.90. The van der Waals surface area contributed by atoms with E-state index in [0.29, 0.717) is 12.5 Å². The molecule has 0 aromatic rings. The first-order valence-corrected chi connectivity index (χ1v) is 7.84. The fourth-order valence-corrected chi connectivity index (χ4v) is 3.08. The van der Waals surface area contributed by atoms with Crippen LogP contribution in [0, 0.1) is 5.92 Å². The predicted molar refractivity (Wildman–Crippen MR) is 77.9 cm³/mol. The number of carboxylic acid groups (broad SMARTS) is 1. The van der Waals surface area contributed by atoms with E-state index in [9.17, 15) is 14.4 Å². The normalized spacial score (nSPS) is 24.3. The van der Waals surface area contributed by atoms with Gasteiger partial charge in [0.25, 0.3) is 0 Å². The van der Waals surface area contributed by atoms with Gasteiger partial charge in [0.2, 0.25) is 5.91 Å². The molecule has 0 spiro atoms. The van der Waals surface area contributed by atoms with E-state index in [1.807, 2.05) is 0 Å². The molecule has 1 saturated heterocycles. The third kappa shape index (κ3) is 4.43. The van der Waals surface area contributed by atoms with Crippen molar-refractivity contribution in [3.63, 3.8) is 0 Å². The number of ether oxygens (including phenoxy) is 1. The van der Waals surface area contributed by atoms with Gasteiger partial charge in [0.15, 0.2) is 0 Å². The number of hydrogen-bond donors (Lipinski definition) is 1. The summed E-state index contributed by atoms with van der Waals surface area (Å²) in [4.78, 5) is 37.7. The molecule has 2 rings (SSSR count). The van der Waals surface area contributed by atoms with Crippen LogP contribution in [0.2, 0.25) is 0 Å². The van der Waals surface area contributed by atoms with Crippen LogP contribution >= 0.6 is 0 Å². The molecular weight excluding hydrogens is 288 g/mol. The third-order valence-electron chi connectivity index (χ3n) is 4.46. The summed E-state index contributed by atoms with van der Waals surface area (Å²) in [6.07, 6.45) is 5.71. The van der Waals surface area contributed by atoms with Gasteiger partial charge < -0.3 is 14.7 Å². The largest absolute Gasteiger partial charge is 0.480 e. The van der Waals surface area contributed by atoms with Crippen LogP contribution in [0.5, 0.6) is 0 Å². The Morgan fingerprint density at radius 1 is 1.27 bits per heavy atom. The van der Waals surface area contributed by atoms with E-state index < -0.39 is 18.0 Å². The Labute approximate surface area is 130 Å². The van der Waals surface area contributed by atoms with Gasteiger partial charge in [-0.15, -0.1) is 0 Å². The van der Waals surface area contributed by atoms with Crippen molar-refractivity contribution in [2.75, 3.05) is 26.9 Å². The van der Waals surface area contributed by atoms with E-state index in [1.165, 1.54) is 24.2 Å². The first kappa shape index (κ1) is 16.7. The standard InChI is InChI=1S/C15H24N2O5/c1-16-10-17(13(18)7-12(16)15(20)21)8-14(19)22-9-11-5-3-2-4-6-11/h11-12H,2-10H2,1H3,(H,20,21)/t12-/m0/s1. The second kappa shape index (κ2) is 7.58. The summed E-state index contributed by atoms with van der Waals surface area (Å²) in [7, 11) is 1.63. The molecule has 124 valence electrons. The van der Waals surface area contributed by atoms with Gasteiger partial charge >= 0.3 is 11.9 Å². The van der Waals surface area contributed by atoms with Crippen molar-refractivity contribution in [3.8, 4) is 0 Å². The lowest BCUT2D eigenvalue weighted by molar-refractivity contribution is -0.159. The molecule has 7 nitrogen and oxygen atoms in total. The summed E-state index contributed by atoms with van der Waals surface area (Å²) in [5.74, 6) is -1.31. The average Bonchev–Trinajstić information content (AvgIpc) is 2.49. The highest BCUT2D eigenvalue weighted by molar-refractivity contribution is 5.87. The highest BCUT2D eigenvalue weighted by Crippen LogP contribution is 2.23. The molecule has 1 atom stereocenters. The number of amides is 1. The second-order valence-corrected chi connectivity index (χ2v) is 6.24. The van der Waals surface area contributed by atoms with Crippen LogP contribution in [0.4, 0.5) is 0 Å². The fourth-order valence-electron chi connectivity index (χ4n) is 3.08. The lowest BCUT2D eigenvalue weighted by Crippen LogP contribution is -2.55. The fraction of sp³-hybridized carbons (Fsp3) is 0.800. The lowest BCUT2D eigenvalue weighted by Gasteiger charge is -2.36. The second-order valence-electron chi connectivity index (χ2n) is 6.24. The molecule has 22 heavy (non-hydrogen) atoms. The van der Waals surface area contributed by atoms with Gasteiger partial charge in [0.1, 0.15) is 12.6 Å². The topological polar surface area (TPSA) is 87.2 Å². The summed E-state index contributed by atoms with van der Waals surface area (Å²) in [6.45, 7) is 0.449. The Balaban J connectivity index is 1.76. The molecule has 2 aliphatic rings. The quantitative estimate of drug-likeness (QED) is 0.751. The number of carboxylic acids is 1. The number of likely N-dealkylation sites (N-methyl/N-ethyl adjacent to an activating group) is 1. The van der Waals surface area contributed by atoms with Crippen molar-refractivity contribution in [2.24, 2.45) is 5.92 Å². The third-order valence-corrected chi connectivity index (χ3v) is 4.46. The summed E-state index contributed by atoms with van der Waals surface area (Å²) < 4.78 is 5.27. The SMILES string of the molecule is CN1CN(CC(=O)OCC2CCCCC2)C(=O)C[C@H]1C(=O)O. The number of rotatable bonds is 5. The number of aliphatic carboxylic acids is 1. The summed E-state index contributed by atoms with van der Waals surface area (Å²) in [6, 6.07) is -0.818. The van der Waals surface area contributed by atoms with Gasteiger partial charge in [-0.3, -0.25) is 19.3 Å². The molecule has 7 heteroatoms. The molecule has 1 heterocycles. The Kier molecular flexibility index (Phi) is 5.76. The van der Waals surface area contributed by atoms with Crippen molar-refractivity contribution in [2.45, 2.75) is 44.6 Å².